The highest BCUT2D eigenvalue weighted by molar-refractivity contribution is 6.31. The minimum absolute atomic E-state index is 0.291. The van der Waals surface area contributed by atoms with Gasteiger partial charge in [-0.1, -0.05) is 30.5 Å². The van der Waals surface area contributed by atoms with Crippen molar-refractivity contribution < 1.29 is 5.11 Å². The van der Waals surface area contributed by atoms with E-state index in [9.17, 15) is 0 Å². The number of halogens is 1. The number of hydrogen-bond donors (Lipinski definition) is 2. The number of aliphatic hydroxyl groups is 1. The Hall–Kier alpha value is -1.03. The number of unbranched alkanes of at least 4 members (excludes halogenated alkanes) is 3. The molecule has 1 aromatic carbocycles. The molecule has 104 valence electrons. The molecule has 0 aliphatic carbocycles. The van der Waals surface area contributed by atoms with E-state index in [1.165, 1.54) is 10.9 Å². The van der Waals surface area contributed by atoms with Gasteiger partial charge >= 0.3 is 0 Å². The van der Waals surface area contributed by atoms with Crippen LogP contribution >= 0.6 is 11.6 Å². The van der Waals surface area contributed by atoms with Crippen LogP contribution in [0.5, 0.6) is 0 Å². The first-order chi connectivity index (χ1) is 9.26. The molecule has 3 N–H and O–H groups in total. The lowest BCUT2D eigenvalue weighted by Gasteiger charge is -2.05. The number of nitrogens with zero attached hydrogens (tertiary/aromatic N) is 1. The normalized spacial score (nSPS) is 11.3. The molecule has 0 spiro atoms. The molecule has 1 heterocycles. The van der Waals surface area contributed by atoms with Crippen molar-refractivity contribution in [3.63, 3.8) is 0 Å². The second kappa shape index (κ2) is 6.94. The molecule has 0 amide bonds. The van der Waals surface area contributed by atoms with Crippen molar-refractivity contribution in [1.82, 2.24) is 4.57 Å². The summed E-state index contributed by atoms with van der Waals surface area (Å²) >= 11 is 6.07. The van der Waals surface area contributed by atoms with E-state index in [-0.39, 0.29) is 0 Å². The van der Waals surface area contributed by atoms with E-state index in [1.807, 2.05) is 18.2 Å². The van der Waals surface area contributed by atoms with Crippen molar-refractivity contribution in [2.75, 3.05) is 6.61 Å². The van der Waals surface area contributed by atoms with Crippen LogP contribution in [0.15, 0.2) is 24.4 Å². The van der Waals surface area contributed by atoms with E-state index < -0.39 is 0 Å². The monoisotopic (exact) mass is 280 g/mol. The largest absolute Gasteiger partial charge is 0.396 e. The molecular weight excluding hydrogens is 260 g/mol. The van der Waals surface area contributed by atoms with Gasteiger partial charge in [0, 0.05) is 41.8 Å². The van der Waals surface area contributed by atoms with Crippen LogP contribution in [0.1, 0.15) is 31.2 Å². The summed E-state index contributed by atoms with van der Waals surface area (Å²) in [6, 6.07) is 5.96. The molecule has 19 heavy (non-hydrogen) atoms. The van der Waals surface area contributed by atoms with E-state index >= 15 is 0 Å². The average Bonchev–Trinajstić information content (AvgIpc) is 2.76. The van der Waals surface area contributed by atoms with E-state index in [0.29, 0.717) is 13.2 Å². The van der Waals surface area contributed by atoms with Crippen LogP contribution in [0, 0.1) is 0 Å². The summed E-state index contributed by atoms with van der Waals surface area (Å²) in [6.07, 6.45) is 6.36. The van der Waals surface area contributed by atoms with E-state index in [0.717, 1.165) is 42.8 Å². The third-order valence-electron chi connectivity index (χ3n) is 3.45. The van der Waals surface area contributed by atoms with Gasteiger partial charge in [0.15, 0.2) is 0 Å². The van der Waals surface area contributed by atoms with Gasteiger partial charge in [0.05, 0.1) is 0 Å². The second-order valence-corrected chi connectivity index (χ2v) is 5.29. The lowest BCUT2D eigenvalue weighted by Crippen LogP contribution is -1.97. The molecule has 2 rings (SSSR count). The van der Waals surface area contributed by atoms with Crippen LogP contribution in [0.3, 0.4) is 0 Å². The Morgan fingerprint density at radius 2 is 1.95 bits per heavy atom. The van der Waals surface area contributed by atoms with Gasteiger partial charge in [0.1, 0.15) is 0 Å². The fraction of sp³-hybridized carbons (Fsp3) is 0.467. The number of aromatic nitrogens is 1. The van der Waals surface area contributed by atoms with Crippen molar-refractivity contribution in [2.24, 2.45) is 5.73 Å². The fourth-order valence-electron chi connectivity index (χ4n) is 2.44. The predicted molar refractivity (Wildman–Crippen MR) is 80.4 cm³/mol. The fourth-order valence-corrected chi connectivity index (χ4v) is 2.60. The van der Waals surface area contributed by atoms with Crippen molar-refractivity contribution in [3.05, 3.63) is 35.0 Å². The van der Waals surface area contributed by atoms with Gasteiger partial charge in [-0.15, -0.1) is 0 Å². The molecule has 0 saturated carbocycles. The third-order valence-corrected chi connectivity index (χ3v) is 3.69. The van der Waals surface area contributed by atoms with Crippen LogP contribution < -0.4 is 5.73 Å². The summed E-state index contributed by atoms with van der Waals surface area (Å²) in [5.41, 5.74) is 8.12. The minimum atomic E-state index is 0.291. The number of rotatable bonds is 7. The standard InChI is InChI=1S/C15H21ClN2O/c16-13-5-6-14-12(10-17)11-18(15(14)9-13)7-3-1-2-4-8-19/h5-6,9,11,19H,1-4,7-8,10,17H2. The number of nitrogens with two attached hydrogens (primary N) is 1. The maximum absolute atomic E-state index is 8.76. The molecule has 0 radical (unpaired) electrons. The third kappa shape index (κ3) is 3.50. The zero-order valence-corrected chi connectivity index (χ0v) is 11.9. The number of fused-ring (bicyclic) bond motifs is 1. The van der Waals surface area contributed by atoms with E-state index in [1.54, 1.807) is 0 Å². The second-order valence-electron chi connectivity index (χ2n) is 4.85. The quantitative estimate of drug-likeness (QED) is 0.765. The topological polar surface area (TPSA) is 51.2 Å². The minimum Gasteiger partial charge on any atom is -0.396 e. The summed E-state index contributed by atoms with van der Waals surface area (Å²) in [5.74, 6) is 0. The highest BCUT2D eigenvalue weighted by Crippen LogP contribution is 2.25. The molecule has 0 fully saturated rings. The SMILES string of the molecule is NCc1cn(CCCCCCO)c2cc(Cl)ccc12. The van der Waals surface area contributed by atoms with Gasteiger partial charge in [-0.25, -0.2) is 0 Å². The summed E-state index contributed by atoms with van der Waals surface area (Å²) in [4.78, 5) is 0. The first-order valence-electron chi connectivity index (χ1n) is 6.84. The van der Waals surface area contributed by atoms with Gasteiger partial charge in [-0.3, -0.25) is 0 Å². The zero-order valence-electron chi connectivity index (χ0n) is 11.1. The van der Waals surface area contributed by atoms with Crippen LogP contribution in [0.2, 0.25) is 5.02 Å². The smallest absolute Gasteiger partial charge is 0.0498 e. The van der Waals surface area contributed by atoms with Crippen LogP contribution in [-0.2, 0) is 13.1 Å². The Labute approximate surface area is 119 Å². The summed E-state index contributed by atoms with van der Waals surface area (Å²) in [7, 11) is 0. The molecule has 0 aliphatic heterocycles. The molecule has 1 aromatic heterocycles. The highest BCUT2D eigenvalue weighted by atomic mass is 35.5. The Balaban J connectivity index is 2.11. The molecule has 4 heteroatoms. The summed E-state index contributed by atoms with van der Waals surface area (Å²) < 4.78 is 2.24. The van der Waals surface area contributed by atoms with Crippen LogP contribution in [0.4, 0.5) is 0 Å². The van der Waals surface area contributed by atoms with E-state index in [4.69, 9.17) is 22.4 Å². The summed E-state index contributed by atoms with van der Waals surface area (Å²) in [6.45, 7) is 1.82. The number of aliphatic hydroxyl groups excluding tert-OH is 1. The predicted octanol–water partition coefficient (Wildman–Crippen LogP) is 3.31. The lowest BCUT2D eigenvalue weighted by atomic mass is 10.2. The average molecular weight is 281 g/mol. The Kier molecular flexibility index (Phi) is 5.25. The Bertz CT molecular complexity index is 536. The van der Waals surface area contributed by atoms with Crippen molar-refractivity contribution in [3.8, 4) is 0 Å². The first kappa shape index (κ1) is 14.4. The van der Waals surface area contributed by atoms with Crippen LogP contribution in [-0.4, -0.2) is 16.3 Å². The van der Waals surface area contributed by atoms with Crippen LogP contribution in [0.25, 0.3) is 10.9 Å². The van der Waals surface area contributed by atoms with Crippen molar-refractivity contribution in [2.45, 2.75) is 38.8 Å². The van der Waals surface area contributed by atoms with Crippen molar-refractivity contribution >= 4 is 22.5 Å². The Morgan fingerprint density at radius 3 is 2.68 bits per heavy atom. The van der Waals surface area contributed by atoms with Gasteiger partial charge in [-0.2, -0.15) is 0 Å². The number of benzene rings is 1. The van der Waals surface area contributed by atoms with Gasteiger partial charge in [0.2, 0.25) is 0 Å². The lowest BCUT2D eigenvalue weighted by molar-refractivity contribution is 0.282. The molecule has 3 nitrogen and oxygen atoms in total. The first-order valence-corrected chi connectivity index (χ1v) is 7.22. The summed E-state index contributed by atoms with van der Waals surface area (Å²) in [5, 5.41) is 10.7. The molecule has 0 aliphatic rings. The van der Waals surface area contributed by atoms with Crippen molar-refractivity contribution in [1.29, 1.82) is 0 Å². The molecular formula is C15H21ClN2O. The van der Waals surface area contributed by atoms with E-state index in [2.05, 4.69) is 10.8 Å². The Morgan fingerprint density at radius 1 is 1.16 bits per heavy atom. The zero-order chi connectivity index (χ0) is 13.7. The maximum Gasteiger partial charge on any atom is 0.0498 e. The highest BCUT2D eigenvalue weighted by Gasteiger charge is 2.07. The van der Waals surface area contributed by atoms with Gasteiger partial charge < -0.3 is 15.4 Å². The molecule has 0 atom stereocenters. The number of aryl methyl sites for hydroxylation is 1. The maximum atomic E-state index is 8.76. The molecule has 2 aromatic rings. The van der Waals surface area contributed by atoms with Gasteiger partial charge in [0.25, 0.3) is 0 Å². The molecule has 0 bridgehead atoms. The molecule has 0 saturated heterocycles. The molecule has 0 unspecified atom stereocenters. The van der Waals surface area contributed by atoms with Gasteiger partial charge in [-0.05, 0) is 30.5 Å². The number of hydrogen-bond acceptors (Lipinski definition) is 2.